The highest BCUT2D eigenvalue weighted by Gasteiger charge is 2.10. The maximum absolute atomic E-state index is 10.1. The molecule has 0 saturated carbocycles. The van der Waals surface area contributed by atoms with Crippen LogP contribution in [-0.2, 0) is 0 Å². The van der Waals surface area contributed by atoms with E-state index in [9.17, 15) is 5.11 Å². The van der Waals surface area contributed by atoms with Crippen LogP contribution in [0.5, 0.6) is 5.75 Å². The Hall–Kier alpha value is -2.00. The summed E-state index contributed by atoms with van der Waals surface area (Å²) in [7, 11) is 0. The fourth-order valence-electron chi connectivity index (χ4n) is 2.42. The zero-order valence-corrected chi connectivity index (χ0v) is 12.8. The van der Waals surface area contributed by atoms with Gasteiger partial charge in [0.05, 0.1) is 0 Å². The van der Waals surface area contributed by atoms with Crippen molar-refractivity contribution in [1.82, 2.24) is 0 Å². The molecule has 0 heterocycles. The van der Waals surface area contributed by atoms with Crippen molar-refractivity contribution in [3.05, 3.63) is 59.2 Å². The average molecular weight is 285 g/mol. The van der Waals surface area contributed by atoms with Crippen molar-refractivity contribution in [2.75, 3.05) is 12.3 Å². The zero-order chi connectivity index (χ0) is 15.4. The zero-order valence-electron chi connectivity index (χ0n) is 12.8. The molecule has 0 aliphatic rings. The highest BCUT2D eigenvalue weighted by Crippen LogP contribution is 2.24. The Labute approximate surface area is 126 Å². The smallest absolute Gasteiger partial charge is 0.119 e. The predicted molar refractivity (Wildman–Crippen MR) is 86.6 cm³/mol. The second-order valence-corrected chi connectivity index (χ2v) is 5.67. The molecule has 21 heavy (non-hydrogen) atoms. The summed E-state index contributed by atoms with van der Waals surface area (Å²) in [6.45, 7) is 6.64. The van der Waals surface area contributed by atoms with Crippen LogP contribution < -0.4 is 10.5 Å². The van der Waals surface area contributed by atoms with Crippen LogP contribution in [0.2, 0.25) is 0 Å². The molecule has 0 fully saturated rings. The van der Waals surface area contributed by atoms with Crippen molar-refractivity contribution >= 4 is 5.69 Å². The first-order valence-corrected chi connectivity index (χ1v) is 7.24. The molecule has 0 aliphatic heterocycles. The van der Waals surface area contributed by atoms with E-state index >= 15 is 0 Å². The predicted octanol–water partition coefficient (Wildman–Crippen LogP) is 3.81. The second-order valence-electron chi connectivity index (χ2n) is 5.67. The third-order valence-corrected chi connectivity index (χ3v) is 3.57. The van der Waals surface area contributed by atoms with Crippen LogP contribution >= 0.6 is 0 Å². The maximum atomic E-state index is 10.1. The number of aliphatic hydroxyl groups excluding tert-OH is 1. The van der Waals surface area contributed by atoms with Gasteiger partial charge in [0, 0.05) is 5.69 Å². The number of nitrogen functional groups attached to an aromatic ring is 1. The highest BCUT2D eigenvalue weighted by molar-refractivity contribution is 5.41. The van der Waals surface area contributed by atoms with Gasteiger partial charge in [0.15, 0.2) is 0 Å². The minimum atomic E-state index is -0.682. The van der Waals surface area contributed by atoms with Crippen molar-refractivity contribution < 1.29 is 9.84 Å². The van der Waals surface area contributed by atoms with E-state index in [1.165, 1.54) is 11.1 Å². The molecule has 0 bridgehead atoms. The molecule has 0 amide bonds. The van der Waals surface area contributed by atoms with Crippen molar-refractivity contribution in [2.45, 2.75) is 32.8 Å². The lowest BCUT2D eigenvalue weighted by Gasteiger charge is -2.15. The first kappa shape index (κ1) is 15.4. The Balaban J connectivity index is 2.01. The SMILES string of the molecule is Cc1cc(OCC(O)c2cccc(N)c2)ccc1C(C)C. The van der Waals surface area contributed by atoms with Crippen molar-refractivity contribution in [3.8, 4) is 5.75 Å². The summed E-state index contributed by atoms with van der Waals surface area (Å²) >= 11 is 0. The standard InChI is InChI=1S/C18H23NO2/c1-12(2)17-8-7-16(9-13(17)3)21-11-18(20)14-5-4-6-15(19)10-14/h4-10,12,18,20H,11,19H2,1-3H3. The number of aryl methyl sites for hydroxylation is 1. The van der Waals surface area contributed by atoms with Crippen LogP contribution in [0, 0.1) is 6.92 Å². The van der Waals surface area contributed by atoms with Crippen molar-refractivity contribution in [2.24, 2.45) is 0 Å². The lowest BCUT2D eigenvalue weighted by atomic mass is 9.98. The molecule has 0 radical (unpaired) electrons. The van der Waals surface area contributed by atoms with Crippen LogP contribution in [0.15, 0.2) is 42.5 Å². The number of hydrogen-bond donors (Lipinski definition) is 2. The minimum absolute atomic E-state index is 0.212. The van der Waals surface area contributed by atoms with Gasteiger partial charge in [0.1, 0.15) is 18.5 Å². The molecule has 0 spiro atoms. The fraction of sp³-hybridized carbons (Fsp3) is 0.333. The van der Waals surface area contributed by atoms with Crippen LogP contribution in [0.25, 0.3) is 0 Å². The number of hydrogen-bond acceptors (Lipinski definition) is 3. The van der Waals surface area contributed by atoms with E-state index in [-0.39, 0.29) is 6.61 Å². The van der Waals surface area contributed by atoms with Crippen molar-refractivity contribution in [1.29, 1.82) is 0 Å². The summed E-state index contributed by atoms with van der Waals surface area (Å²) in [5.41, 5.74) is 9.66. The molecule has 2 aromatic rings. The summed E-state index contributed by atoms with van der Waals surface area (Å²) in [5.74, 6) is 1.27. The average Bonchev–Trinajstić information content (AvgIpc) is 2.44. The first-order chi connectivity index (χ1) is 9.97. The topological polar surface area (TPSA) is 55.5 Å². The summed E-state index contributed by atoms with van der Waals surface area (Å²) in [6.07, 6.45) is -0.682. The number of benzene rings is 2. The van der Waals surface area contributed by atoms with Gasteiger partial charge in [0.2, 0.25) is 0 Å². The Morgan fingerprint density at radius 1 is 1.14 bits per heavy atom. The molecule has 0 aromatic heterocycles. The van der Waals surface area contributed by atoms with Gasteiger partial charge < -0.3 is 15.6 Å². The molecule has 2 rings (SSSR count). The lowest BCUT2D eigenvalue weighted by molar-refractivity contribution is 0.108. The molecule has 112 valence electrons. The third kappa shape index (κ3) is 3.99. The Morgan fingerprint density at radius 2 is 1.90 bits per heavy atom. The Bertz CT molecular complexity index is 608. The van der Waals surface area contributed by atoms with E-state index in [2.05, 4.69) is 26.8 Å². The molecule has 3 nitrogen and oxygen atoms in total. The number of aliphatic hydroxyl groups is 1. The summed E-state index contributed by atoms with van der Waals surface area (Å²) in [6, 6.07) is 13.3. The van der Waals surface area contributed by atoms with Crippen LogP contribution in [-0.4, -0.2) is 11.7 Å². The summed E-state index contributed by atoms with van der Waals surface area (Å²) < 4.78 is 5.69. The maximum Gasteiger partial charge on any atom is 0.119 e. The van der Waals surface area contributed by atoms with Gasteiger partial charge >= 0.3 is 0 Å². The van der Waals surface area contributed by atoms with E-state index in [1.807, 2.05) is 24.3 Å². The lowest BCUT2D eigenvalue weighted by Crippen LogP contribution is -2.10. The molecule has 0 saturated heterocycles. The monoisotopic (exact) mass is 285 g/mol. The Morgan fingerprint density at radius 3 is 2.52 bits per heavy atom. The first-order valence-electron chi connectivity index (χ1n) is 7.24. The number of nitrogens with two attached hydrogens (primary N) is 1. The molecule has 1 atom stereocenters. The van der Waals surface area contributed by atoms with E-state index in [1.54, 1.807) is 12.1 Å². The molecular weight excluding hydrogens is 262 g/mol. The van der Waals surface area contributed by atoms with E-state index in [0.29, 0.717) is 11.6 Å². The molecule has 0 aliphatic carbocycles. The van der Waals surface area contributed by atoms with E-state index in [4.69, 9.17) is 10.5 Å². The van der Waals surface area contributed by atoms with Crippen LogP contribution in [0.1, 0.15) is 42.6 Å². The Kier molecular flexibility index (Phi) is 4.86. The molecule has 3 N–H and O–H groups in total. The van der Waals surface area contributed by atoms with Crippen LogP contribution in [0.4, 0.5) is 5.69 Å². The normalized spacial score (nSPS) is 12.4. The van der Waals surface area contributed by atoms with Gasteiger partial charge in [-0.15, -0.1) is 0 Å². The third-order valence-electron chi connectivity index (χ3n) is 3.57. The van der Waals surface area contributed by atoms with Gasteiger partial charge in [0.25, 0.3) is 0 Å². The van der Waals surface area contributed by atoms with Gasteiger partial charge in [-0.05, 0) is 53.8 Å². The minimum Gasteiger partial charge on any atom is -0.491 e. The van der Waals surface area contributed by atoms with E-state index in [0.717, 1.165) is 11.3 Å². The van der Waals surface area contributed by atoms with Crippen LogP contribution in [0.3, 0.4) is 0 Å². The number of anilines is 1. The van der Waals surface area contributed by atoms with Gasteiger partial charge in [-0.2, -0.15) is 0 Å². The molecule has 2 aromatic carbocycles. The summed E-state index contributed by atoms with van der Waals surface area (Å²) in [5, 5.41) is 10.1. The second kappa shape index (κ2) is 6.64. The van der Waals surface area contributed by atoms with Gasteiger partial charge in [-0.1, -0.05) is 32.0 Å². The fourth-order valence-corrected chi connectivity index (χ4v) is 2.42. The van der Waals surface area contributed by atoms with Gasteiger partial charge in [-0.25, -0.2) is 0 Å². The summed E-state index contributed by atoms with van der Waals surface area (Å²) in [4.78, 5) is 0. The number of rotatable bonds is 5. The highest BCUT2D eigenvalue weighted by atomic mass is 16.5. The van der Waals surface area contributed by atoms with Gasteiger partial charge in [-0.3, -0.25) is 0 Å². The van der Waals surface area contributed by atoms with E-state index < -0.39 is 6.10 Å². The molecule has 1 unspecified atom stereocenters. The quantitative estimate of drug-likeness (QED) is 0.821. The van der Waals surface area contributed by atoms with Crippen molar-refractivity contribution in [3.63, 3.8) is 0 Å². The number of ether oxygens (including phenoxy) is 1. The largest absolute Gasteiger partial charge is 0.491 e. The molecular formula is C18H23NO2. The molecule has 3 heteroatoms.